The molecule has 1 fully saturated rings. The molecule has 0 spiro atoms. The average molecular weight is 268 g/mol. The normalized spacial score (nSPS) is 17.9. The minimum Gasteiger partial charge on any atom is -0.496 e. The number of ether oxygens (including phenoxy) is 1. The Morgan fingerprint density at radius 1 is 1.39 bits per heavy atom. The molecule has 0 unspecified atom stereocenters. The Bertz CT molecular complexity index is 388. The maximum absolute atomic E-state index is 6.03. The van der Waals surface area contributed by atoms with E-state index in [-0.39, 0.29) is 0 Å². The van der Waals surface area contributed by atoms with Gasteiger partial charge >= 0.3 is 0 Å². The lowest BCUT2D eigenvalue weighted by Gasteiger charge is -2.21. The second-order valence-corrected chi connectivity index (χ2v) is 5.61. The van der Waals surface area contributed by atoms with E-state index < -0.39 is 0 Å². The number of benzene rings is 1. The molecule has 1 atom stereocenters. The van der Waals surface area contributed by atoms with Gasteiger partial charge in [-0.25, -0.2) is 0 Å². The van der Waals surface area contributed by atoms with Gasteiger partial charge in [-0.05, 0) is 43.9 Å². The fourth-order valence-corrected chi connectivity index (χ4v) is 2.98. The lowest BCUT2D eigenvalue weighted by Crippen LogP contribution is -2.31. The number of methoxy groups -OCH3 is 1. The third-order valence-electron chi connectivity index (χ3n) is 3.96. The average Bonchev–Trinajstić information content (AvgIpc) is 2.90. The third kappa shape index (κ3) is 3.39. The fourth-order valence-electron chi connectivity index (χ4n) is 2.78. The maximum Gasteiger partial charge on any atom is 0.123 e. The molecule has 0 bridgehead atoms. The zero-order chi connectivity index (χ0) is 13.0. The summed E-state index contributed by atoms with van der Waals surface area (Å²) < 4.78 is 5.36. The Balaban J connectivity index is 1.94. The van der Waals surface area contributed by atoms with Crippen LogP contribution in [0.5, 0.6) is 5.75 Å². The molecule has 1 aromatic carbocycles. The van der Waals surface area contributed by atoms with Crippen molar-refractivity contribution >= 4 is 11.6 Å². The molecule has 0 aromatic heterocycles. The Kier molecular flexibility index (Phi) is 4.90. The van der Waals surface area contributed by atoms with E-state index in [2.05, 4.69) is 12.2 Å². The van der Waals surface area contributed by atoms with Gasteiger partial charge in [0.05, 0.1) is 7.11 Å². The summed E-state index contributed by atoms with van der Waals surface area (Å²) in [6.07, 6.45) is 5.50. The van der Waals surface area contributed by atoms with Crippen molar-refractivity contribution in [3.8, 4) is 5.75 Å². The van der Waals surface area contributed by atoms with Gasteiger partial charge in [0.1, 0.15) is 5.75 Å². The lowest BCUT2D eigenvalue weighted by molar-refractivity contribution is 0.371. The summed E-state index contributed by atoms with van der Waals surface area (Å²) in [5.41, 5.74) is 1.13. The Morgan fingerprint density at radius 3 is 2.78 bits per heavy atom. The van der Waals surface area contributed by atoms with Crippen LogP contribution in [0.15, 0.2) is 18.2 Å². The summed E-state index contributed by atoms with van der Waals surface area (Å²) in [7, 11) is 1.70. The highest BCUT2D eigenvalue weighted by Gasteiger charge is 2.21. The van der Waals surface area contributed by atoms with Crippen molar-refractivity contribution in [2.75, 3.05) is 7.11 Å². The van der Waals surface area contributed by atoms with Crippen molar-refractivity contribution in [3.05, 3.63) is 28.8 Å². The molecule has 0 aliphatic heterocycles. The first-order valence-electron chi connectivity index (χ1n) is 6.76. The van der Waals surface area contributed by atoms with Crippen molar-refractivity contribution in [1.82, 2.24) is 5.32 Å². The standard InChI is InChI=1S/C15H22ClNO/c1-11(12-5-3-4-6-12)17-10-13-9-14(16)7-8-15(13)18-2/h7-9,11-12,17H,3-6,10H2,1-2H3/t11-/m0/s1. The smallest absolute Gasteiger partial charge is 0.123 e. The van der Waals surface area contributed by atoms with Gasteiger partial charge in [-0.2, -0.15) is 0 Å². The van der Waals surface area contributed by atoms with E-state index in [0.29, 0.717) is 6.04 Å². The largest absolute Gasteiger partial charge is 0.496 e. The molecule has 2 rings (SSSR count). The third-order valence-corrected chi connectivity index (χ3v) is 4.20. The summed E-state index contributed by atoms with van der Waals surface area (Å²) in [5.74, 6) is 1.74. The van der Waals surface area contributed by atoms with E-state index in [9.17, 15) is 0 Å². The van der Waals surface area contributed by atoms with Crippen molar-refractivity contribution in [2.24, 2.45) is 5.92 Å². The molecule has 1 aromatic rings. The number of halogens is 1. The second kappa shape index (κ2) is 6.44. The number of hydrogen-bond acceptors (Lipinski definition) is 2. The zero-order valence-electron chi connectivity index (χ0n) is 11.2. The van der Waals surface area contributed by atoms with Gasteiger partial charge in [0.25, 0.3) is 0 Å². The first-order valence-corrected chi connectivity index (χ1v) is 7.14. The van der Waals surface area contributed by atoms with Gasteiger partial charge < -0.3 is 10.1 Å². The molecular formula is C15H22ClNO. The van der Waals surface area contributed by atoms with Crippen LogP contribution in [-0.2, 0) is 6.54 Å². The van der Waals surface area contributed by atoms with E-state index in [0.717, 1.165) is 28.8 Å². The molecule has 1 aliphatic rings. The predicted octanol–water partition coefficient (Wildman–Crippen LogP) is 4.02. The number of rotatable bonds is 5. The molecule has 0 heterocycles. The highest BCUT2D eigenvalue weighted by Crippen LogP contribution is 2.28. The molecule has 100 valence electrons. The van der Waals surface area contributed by atoms with Crippen LogP contribution >= 0.6 is 11.6 Å². The first kappa shape index (κ1) is 13.7. The van der Waals surface area contributed by atoms with Gasteiger partial charge in [-0.3, -0.25) is 0 Å². The Hall–Kier alpha value is -0.730. The molecule has 1 aliphatic carbocycles. The quantitative estimate of drug-likeness (QED) is 0.870. The van der Waals surface area contributed by atoms with Crippen LogP contribution in [0.25, 0.3) is 0 Å². The summed E-state index contributed by atoms with van der Waals surface area (Å²) in [5, 5.41) is 4.37. The Morgan fingerprint density at radius 2 is 2.11 bits per heavy atom. The SMILES string of the molecule is COc1ccc(Cl)cc1CN[C@@H](C)C1CCCC1. The minimum atomic E-state index is 0.566. The molecular weight excluding hydrogens is 246 g/mol. The molecule has 0 radical (unpaired) electrons. The van der Waals surface area contributed by atoms with Gasteiger partial charge in [0.15, 0.2) is 0 Å². The first-order chi connectivity index (χ1) is 8.70. The highest BCUT2D eigenvalue weighted by atomic mass is 35.5. The highest BCUT2D eigenvalue weighted by molar-refractivity contribution is 6.30. The maximum atomic E-state index is 6.03. The van der Waals surface area contributed by atoms with E-state index in [1.165, 1.54) is 25.7 Å². The molecule has 18 heavy (non-hydrogen) atoms. The summed E-state index contributed by atoms with van der Waals surface area (Å²) in [4.78, 5) is 0. The lowest BCUT2D eigenvalue weighted by atomic mass is 9.99. The molecule has 3 heteroatoms. The monoisotopic (exact) mass is 267 g/mol. The van der Waals surface area contributed by atoms with Crippen molar-refractivity contribution in [3.63, 3.8) is 0 Å². The molecule has 2 nitrogen and oxygen atoms in total. The van der Waals surface area contributed by atoms with Crippen molar-refractivity contribution in [2.45, 2.75) is 45.2 Å². The van der Waals surface area contributed by atoms with Crippen LogP contribution in [0, 0.1) is 5.92 Å². The minimum absolute atomic E-state index is 0.566. The molecule has 1 N–H and O–H groups in total. The fraction of sp³-hybridized carbons (Fsp3) is 0.600. The van der Waals surface area contributed by atoms with Gasteiger partial charge in [0.2, 0.25) is 0 Å². The van der Waals surface area contributed by atoms with E-state index in [1.807, 2.05) is 18.2 Å². The van der Waals surface area contributed by atoms with Crippen molar-refractivity contribution in [1.29, 1.82) is 0 Å². The molecule has 0 amide bonds. The van der Waals surface area contributed by atoms with Crippen LogP contribution in [0.3, 0.4) is 0 Å². The zero-order valence-corrected chi connectivity index (χ0v) is 12.0. The van der Waals surface area contributed by atoms with Crippen LogP contribution < -0.4 is 10.1 Å². The Labute approximate surface area is 115 Å². The van der Waals surface area contributed by atoms with Crippen LogP contribution in [0.2, 0.25) is 5.02 Å². The van der Waals surface area contributed by atoms with Gasteiger partial charge in [-0.15, -0.1) is 0 Å². The summed E-state index contributed by atoms with van der Waals surface area (Å²) >= 11 is 6.03. The summed E-state index contributed by atoms with van der Waals surface area (Å²) in [6.45, 7) is 3.11. The molecule has 1 saturated carbocycles. The van der Waals surface area contributed by atoms with Crippen LogP contribution in [-0.4, -0.2) is 13.2 Å². The van der Waals surface area contributed by atoms with Crippen molar-refractivity contribution < 1.29 is 4.74 Å². The van der Waals surface area contributed by atoms with E-state index in [4.69, 9.17) is 16.3 Å². The second-order valence-electron chi connectivity index (χ2n) is 5.17. The molecule has 0 saturated heterocycles. The topological polar surface area (TPSA) is 21.3 Å². The van der Waals surface area contributed by atoms with Gasteiger partial charge in [0, 0.05) is 23.2 Å². The van der Waals surface area contributed by atoms with E-state index >= 15 is 0 Å². The number of hydrogen-bond donors (Lipinski definition) is 1. The number of nitrogens with one attached hydrogen (secondary N) is 1. The van der Waals surface area contributed by atoms with Gasteiger partial charge in [-0.1, -0.05) is 24.4 Å². The predicted molar refractivity (Wildman–Crippen MR) is 76.3 cm³/mol. The van der Waals surface area contributed by atoms with Crippen LogP contribution in [0.1, 0.15) is 38.2 Å². The van der Waals surface area contributed by atoms with Crippen LogP contribution in [0.4, 0.5) is 0 Å². The summed E-state index contributed by atoms with van der Waals surface area (Å²) in [6, 6.07) is 6.34. The van der Waals surface area contributed by atoms with E-state index in [1.54, 1.807) is 7.11 Å².